The molecule has 1 aliphatic heterocycles. The minimum Gasteiger partial charge on any atom is -0.465 e. The molecule has 0 aromatic heterocycles. The van der Waals surface area contributed by atoms with Gasteiger partial charge in [0, 0.05) is 6.08 Å². The molecule has 2 rings (SSSR count). The van der Waals surface area contributed by atoms with Crippen molar-refractivity contribution in [2.24, 2.45) is 11.8 Å². The van der Waals surface area contributed by atoms with Gasteiger partial charge in [0.1, 0.15) is 6.10 Å². The number of aliphatic hydroxyl groups excluding tert-OH is 1. The smallest absolute Gasteiger partial charge is 0.330 e. The average Bonchev–Trinajstić information content (AvgIpc) is 2.87. The minimum atomic E-state index is -0.751. The quantitative estimate of drug-likeness (QED) is 0.481. The van der Waals surface area contributed by atoms with Gasteiger partial charge in [0.15, 0.2) is 0 Å². The van der Waals surface area contributed by atoms with Crippen molar-refractivity contribution in [3.8, 4) is 0 Å². The van der Waals surface area contributed by atoms with Gasteiger partial charge in [0.05, 0.1) is 12.2 Å². The number of hydrogen-bond donors (Lipinski definition) is 1. The Morgan fingerprint density at radius 2 is 2.18 bits per heavy atom. The predicted molar refractivity (Wildman–Crippen MR) is 80.8 cm³/mol. The number of carbonyl (C=O) groups is 2. The molecule has 22 heavy (non-hydrogen) atoms. The first kappa shape index (κ1) is 16.7. The molecule has 1 aliphatic carbocycles. The lowest BCUT2D eigenvalue weighted by atomic mass is 9.90. The van der Waals surface area contributed by atoms with Crippen molar-refractivity contribution in [3.63, 3.8) is 0 Å². The fraction of sp³-hybridized carbons (Fsp3) is 0.647. The first-order chi connectivity index (χ1) is 10.6. The fourth-order valence-corrected chi connectivity index (χ4v) is 3.27. The highest BCUT2D eigenvalue weighted by Crippen LogP contribution is 2.37. The minimum absolute atomic E-state index is 0.0524. The van der Waals surface area contributed by atoms with E-state index in [9.17, 15) is 14.7 Å². The van der Waals surface area contributed by atoms with Gasteiger partial charge < -0.3 is 14.6 Å². The summed E-state index contributed by atoms with van der Waals surface area (Å²) in [5.41, 5.74) is 0. The van der Waals surface area contributed by atoms with Crippen LogP contribution < -0.4 is 0 Å². The molecule has 5 atom stereocenters. The zero-order valence-corrected chi connectivity index (χ0v) is 12.9. The standard InChI is InChI=1S/C17H24O5/c1-12-5-3-2-4-6-13-9-14(21-11-18)10-15(13)16(19)7-8-17(20)22-12/h4,6-8,11-16,19H,2-3,5,9-10H2,1H3/t12-,13+,14-,15+,16+/m0/s1. The maximum absolute atomic E-state index is 11.7. The fourth-order valence-electron chi connectivity index (χ4n) is 3.27. The Morgan fingerprint density at radius 1 is 1.36 bits per heavy atom. The van der Waals surface area contributed by atoms with Gasteiger partial charge in [0.25, 0.3) is 6.47 Å². The van der Waals surface area contributed by atoms with Gasteiger partial charge in [-0.15, -0.1) is 0 Å². The second-order valence-electron chi connectivity index (χ2n) is 6.11. The summed E-state index contributed by atoms with van der Waals surface area (Å²) in [4.78, 5) is 22.2. The SMILES string of the molecule is C[C@H]1CCCC=C[C@@H]2C[C@H](OC=O)C[C@H]2[C@H](O)C=CC(=O)O1. The molecule has 0 amide bonds. The Morgan fingerprint density at radius 3 is 2.95 bits per heavy atom. The van der Waals surface area contributed by atoms with Gasteiger partial charge in [-0.05, 0) is 56.9 Å². The summed E-state index contributed by atoms with van der Waals surface area (Å²) in [6.07, 6.45) is 9.97. The molecule has 0 spiro atoms. The van der Waals surface area contributed by atoms with Gasteiger partial charge in [0.2, 0.25) is 0 Å². The van der Waals surface area contributed by atoms with Crippen LogP contribution >= 0.6 is 0 Å². The molecule has 0 aromatic carbocycles. The number of esters is 1. The zero-order valence-electron chi connectivity index (χ0n) is 12.9. The molecule has 5 nitrogen and oxygen atoms in total. The van der Waals surface area contributed by atoms with Crippen molar-refractivity contribution in [2.45, 2.75) is 57.3 Å². The molecule has 1 heterocycles. The number of hydrogen-bond acceptors (Lipinski definition) is 5. The van der Waals surface area contributed by atoms with Crippen LogP contribution in [0.1, 0.15) is 39.0 Å². The van der Waals surface area contributed by atoms with Gasteiger partial charge >= 0.3 is 5.97 Å². The van der Waals surface area contributed by atoms with Crippen molar-refractivity contribution in [3.05, 3.63) is 24.3 Å². The maximum Gasteiger partial charge on any atom is 0.330 e. The van der Waals surface area contributed by atoms with Crippen LogP contribution in [-0.2, 0) is 19.1 Å². The lowest BCUT2D eigenvalue weighted by Gasteiger charge is -2.19. The summed E-state index contributed by atoms with van der Waals surface area (Å²) in [5, 5.41) is 10.3. The summed E-state index contributed by atoms with van der Waals surface area (Å²) >= 11 is 0. The molecular formula is C17H24O5. The van der Waals surface area contributed by atoms with E-state index in [0.717, 1.165) is 19.3 Å². The van der Waals surface area contributed by atoms with E-state index in [4.69, 9.17) is 9.47 Å². The lowest BCUT2D eigenvalue weighted by molar-refractivity contribution is -0.142. The monoisotopic (exact) mass is 308 g/mol. The van der Waals surface area contributed by atoms with Crippen LogP contribution in [0.4, 0.5) is 0 Å². The van der Waals surface area contributed by atoms with Crippen LogP contribution in [-0.4, -0.2) is 35.9 Å². The third-order valence-electron chi connectivity index (χ3n) is 4.42. The van der Waals surface area contributed by atoms with E-state index in [1.165, 1.54) is 12.2 Å². The molecule has 1 saturated carbocycles. The molecule has 0 radical (unpaired) electrons. The Labute approximate surface area is 131 Å². The number of fused-ring (bicyclic) bond motifs is 1. The summed E-state index contributed by atoms with van der Waals surface area (Å²) in [6, 6.07) is 0. The third kappa shape index (κ3) is 4.70. The predicted octanol–water partition coefficient (Wildman–Crippen LogP) is 2.14. The van der Waals surface area contributed by atoms with Crippen molar-refractivity contribution in [1.29, 1.82) is 0 Å². The van der Waals surface area contributed by atoms with E-state index >= 15 is 0 Å². The Hall–Kier alpha value is -1.62. The highest BCUT2D eigenvalue weighted by atomic mass is 16.5. The van der Waals surface area contributed by atoms with Crippen LogP contribution in [0.15, 0.2) is 24.3 Å². The highest BCUT2D eigenvalue weighted by Gasteiger charge is 2.37. The third-order valence-corrected chi connectivity index (χ3v) is 4.42. The first-order valence-corrected chi connectivity index (χ1v) is 7.92. The van der Waals surface area contributed by atoms with E-state index in [2.05, 4.69) is 12.2 Å². The van der Waals surface area contributed by atoms with Crippen LogP contribution in [0, 0.1) is 11.8 Å². The van der Waals surface area contributed by atoms with Crippen molar-refractivity contribution >= 4 is 12.4 Å². The zero-order chi connectivity index (χ0) is 15.9. The van der Waals surface area contributed by atoms with Crippen LogP contribution in [0.3, 0.4) is 0 Å². The Kier molecular flexibility index (Phi) is 6.19. The number of cyclic esters (lactones) is 1. The van der Waals surface area contributed by atoms with E-state index in [0.29, 0.717) is 19.3 Å². The average molecular weight is 308 g/mol. The molecule has 0 aromatic rings. The van der Waals surface area contributed by atoms with Crippen LogP contribution in [0.5, 0.6) is 0 Å². The Balaban J connectivity index is 2.11. The van der Waals surface area contributed by atoms with Gasteiger partial charge in [-0.1, -0.05) is 12.2 Å². The molecule has 122 valence electrons. The lowest BCUT2D eigenvalue weighted by Crippen LogP contribution is -2.22. The van der Waals surface area contributed by atoms with E-state index in [1.807, 2.05) is 6.92 Å². The molecule has 5 heteroatoms. The van der Waals surface area contributed by atoms with E-state index in [1.54, 1.807) is 0 Å². The summed E-state index contributed by atoms with van der Waals surface area (Å²) in [7, 11) is 0. The highest BCUT2D eigenvalue weighted by molar-refractivity contribution is 5.82. The molecular weight excluding hydrogens is 284 g/mol. The number of ether oxygens (including phenoxy) is 2. The normalized spacial score (nSPS) is 36.5. The summed E-state index contributed by atoms with van der Waals surface area (Å²) in [6.45, 7) is 2.34. The van der Waals surface area contributed by atoms with Crippen molar-refractivity contribution in [2.75, 3.05) is 0 Å². The van der Waals surface area contributed by atoms with E-state index < -0.39 is 12.1 Å². The van der Waals surface area contributed by atoms with Gasteiger partial charge in [-0.25, -0.2) is 4.79 Å². The van der Waals surface area contributed by atoms with Gasteiger partial charge in [-0.3, -0.25) is 4.79 Å². The second kappa shape index (κ2) is 8.13. The first-order valence-electron chi connectivity index (χ1n) is 7.92. The second-order valence-corrected chi connectivity index (χ2v) is 6.11. The number of carbonyl (C=O) groups excluding carboxylic acids is 2. The summed E-state index contributed by atoms with van der Waals surface area (Å²) in [5.74, 6) is -0.323. The van der Waals surface area contributed by atoms with Crippen LogP contribution in [0.25, 0.3) is 0 Å². The number of rotatable bonds is 2. The molecule has 0 unspecified atom stereocenters. The summed E-state index contributed by atoms with van der Waals surface area (Å²) < 4.78 is 10.3. The molecule has 0 saturated heterocycles. The van der Waals surface area contributed by atoms with Gasteiger partial charge in [-0.2, -0.15) is 0 Å². The maximum atomic E-state index is 11.7. The number of allylic oxidation sites excluding steroid dienone is 2. The van der Waals surface area contributed by atoms with E-state index in [-0.39, 0.29) is 24.0 Å². The van der Waals surface area contributed by atoms with Crippen LogP contribution in [0.2, 0.25) is 0 Å². The molecule has 1 fully saturated rings. The molecule has 2 aliphatic rings. The molecule has 0 bridgehead atoms. The van der Waals surface area contributed by atoms with Crippen molar-refractivity contribution < 1.29 is 24.2 Å². The molecule has 1 N–H and O–H groups in total. The van der Waals surface area contributed by atoms with Crippen molar-refractivity contribution in [1.82, 2.24) is 0 Å². The Bertz CT molecular complexity index is 442. The largest absolute Gasteiger partial charge is 0.465 e. The number of aliphatic hydroxyl groups is 1. The topological polar surface area (TPSA) is 72.8 Å².